The number of carbonyl (C=O) groups is 1. The summed E-state index contributed by atoms with van der Waals surface area (Å²) in [6.45, 7) is 3.77. The minimum absolute atomic E-state index is 0.299. The van der Waals surface area contributed by atoms with Gasteiger partial charge in [-0.1, -0.05) is 23.2 Å². The Balaban J connectivity index is 2.69. The molecular weight excluding hydrogens is 273 g/mol. The molecule has 0 fully saturated rings. The van der Waals surface area contributed by atoms with Gasteiger partial charge in [0.2, 0.25) is 0 Å². The molecule has 18 heavy (non-hydrogen) atoms. The summed E-state index contributed by atoms with van der Waals surface area (Å²) < 4.78 is 4.97. The molecule has 0 amide bonds. The molecule has 1 aromatic heterocycles. The van der Waals surface area contributed by atoms with Crippen LogP contribution >= 0.6 is 23.2 Å². The fraction of sp³-hybridized carbons (Fsp3) is 0.231. The zero-order chi connectivity index (χ0) is 13.3. The van der Waals surface area contributed by atoms with E-state index in [-0.39, 0.29) is 0 Å². The Morgan fingerprint density at radius 1 is 1.39 bits per heavy atom. The lowest BCUT2D eigenvalue weighted by atomic mass is 10.1. The van der Waals surface area contributed by atoms with Gasteiger partial charge >= 0.3 is 5.97 Å². The number of hydrogen-bond acceptors (Lipinski definition) is 3. The molecule has 0 bridgehead atoms. The van der Waals surface area contributed by atoms with Gasteiger partial charge in [-0.2, -0.15) is 0 Å². The summed E-state index contributed by atoms with van der Waals surface area (Å²) in [5.41, 5.74) is 1.51. The monoisotopic (exact) mass is 283 g/mol. The highest BCUT2D eigenvalue weighted by Crippen LogP contribution is 2.30. The lowest BCUT2D eigenvalue weighted by molar-refractivity contribution is 0.0525. The molecule has 94 valence electrons. The molecule has 2 rings (SSSR count). The fourth-order valence-corrected chi connectivity index (χ4v) is 2.29. The summed E-state index contributed by atoms with van der Waals surface area (Å²) in [5.74, 6) is -0.454. The molecule has 0 aliphatic rings. The first-order valence-electron chi connectivity index (χ1n) is 5.47. The van der Waals surface area contributed by atoms with Gasteiger partial charge in [-0.3, -0.25) is 4.98 Å². The number of esters is 1. The van der Waals surface area contributed by atoms with Crippen LogP contribution in [0.3, 0.4) is 0 Å². The van der Waals surface area contributed by atoms with Gasteiger partial charge in [0.15, 0.2) is 0 Å². The molecule has 5 heteroatoms. The maximum absolute atomic E-state index is 11.8. The third kappa shape index (κ3) is 2.28. The van der Waals surface area contributed by atoms with Crippen molar-refractivity contribution in [2.24, 2.45) is 0 Å². The molecule has 0 saturated carbocycles. The van der Waals surface area contributed by atoms with E-state index in [0.717, 1.165) is 0 Å². The minimum Gasteiger partial charge on any atom is -0.462 e. The first-order chi connectivity index (χ1) is 8.54. The third-order valence-electron chi connectivity index (χ3n) is 2.55. The van der Waals surface area contributed by atoms with E-state index in [1.54, 1.807) is 32.0 Å². The number of aryl methyl sites for hydroxylation is 1. The van der Waals surface area contributed by atoms with Gasteiger partial charge in [0.1, 0.15) is 5.56 Å². The van der Waals surface area contributed by atoms with Gasteiger partial charge < -0.3 is 4.74 Å². The zero-order valence-corrected chi connectivity index (χ0v) is 11.5. The number of ether oxygens (including phenoxy) is 1. The minimum atomic E-state index is -0.454. The number of aromatic nitrogens is 1. The summed E-state index contributed by atoms with van der Waals surface area (Å²) in [4.78, 5) is 16.2. The smallest absolute Gasteiger partial charge is 0.341 e. The molecule has 0 unspecified atom stereocenters. The van der Waals surface area contributed by atoms with Crippen LogP contribution in [0.1, 0.15) is 23.0 Å². The molecule has 1 aromatic carbocycles. The van der Waals surface area contributed by atoms with Crippen molar-refractivity contribution in [3.8, 4) is 0 Å². The van der Waals surface area contributed by atoms with Crippen LogP contribution in [0.25, 0.3) is 10.9 Å². The summed E-state index contributed by atoms with van der Waals surface area (Å²) in [6.07, 6.45) is 0. The first-order valence-corrected chi connectivity index (χ1v) is 6.22. The average Bonchev–Trinajstić information content (AvgIpc) is 2.28. The highest BCUT2D eigenvalue weighted by Gasteiger charge is 2.18. The van der Waals surface area contributed by atoms with Crippen LogP contribution in [0.15, 0.2) is 18.2 Å². The SMILES string of the molecule is CCOC(=O)c1c(C)nc2cc(Cl)ccc2c1Cl. The number of nitrogens with zero attached hydrogens (tertiary/aromatic N) is 1. The molecule has 0 aliphatic carbocycles. The number of rotatable bonds is 2. The van der Waals surface area contributed by atoms with Crippen molar-refractivity contribution in [1.82, 2.24) is 4.98 Å². The molecule has 0 spiro atoms. The van der Waals surface area contributed by atoms with Crippen LogP contribution in [0.4, 0.5) is 0 Å². The Bertz CT molecular complexity index is 626. The van der Waals surface area contributed by atoms with E-state index in [2.05, 4.69) is 4.98 Å². The van der Waals surface area contributed by atoms with E-state index in [1.807, 2.05) is 0 Å². The quantitative estimate of drug-likeness (QED) is 0.782. The predicted octanol–water partition coefficient (Wildman–Crippen LogP) is 4.03. The molecule has 0 saturated heterocycles. The summed E-state index contributed by atoms with van der Waals surface area (Å²) in [7, 11) is 0. The number of pyridine rings is 1. The second-order valence-electron chi connectivity index (χ2n) is 3.77. The molecule has 0 radical (unpaired) electrons. The van der Waals surface area contributed by atoms with Crippen molar-refractivity contribution in [3.05, 3.63) is 39.5 Å². The summed E-state index contributed by atoms with van der Waals surface area (Å²) >= 11 is 12.1. The second kappa shape index (κ2) is 5.12. The van der Waals surface area contributed by atoms with Crippen LogP contribution in [0, 0.1) is 6.92 Å². The van der Waals surface area contributed by atoms with Gasteiger partial charge in [-0.25, -0.2) is 4.79 Å². The van der Waals surface area contributed by atoms with E-state index in [0.29, 0.717) is 38.8 Å². The number of benzene rings is 1. The van der Waals surface area contributed by atoms with Crippen LogP contribution in [0.5, 0.6) is 0 Å². The number of hydrogen-bond donors (Lipinski definition) is 0. The van der Waals surface area contributed by atoms with Crippen molar-refractivity contribution >= 4 is 40.1 Å². The normalized spacial score (nSPS) is 10.7. The molecule has 0 atom stereocenters. The van der Waals surface area contributed by atoms with Gasteiger partial charge in [0, 0.05) is 10.4 Å². The van der Waals surface area contributed by atoms with Crippen molar-refractivity contribution in [2.45, 2.75) is 13.8 Å². The number of carbonyl (C=O) groups excluding carboxylic acids is 1. The fourth-order valence-electron chi connectivity index (χ4n) is 1.75. The Morgan fingerprint density at radius 3 is 2.78 bits per heavy atom. The van der Waals surface area contributed by atoms with Crippen LogP contribution in [-0.4, -0.2) is 17.6 Å². The molecule has 2 aromatic rings. The van der Waals surface area contributed by atoms with Crippen LogP contribution in [0.2, 0.25) is 10.0 Å². The maximum Gasteiger partial charge on any atom is 0.341 e. The number of halogens is 2. The molecule has 0 aliphatic heterocycles. The number of fused-ring (bicyclic) bond motifs is 1. The van der Waals surface area contributed by atoms with Gasteiger partial charge in [-0.05, 0) is 32.0 Å². The molecule has 3 nitrogen and oxygen atoms in total. The highest BCUT2D eigenvalue weighted by molar-refractivity contribution is 6.39. The first kappa shape index (κ1) is 13.1. The molecule has 1 heterocycles. The van der Waals surface area contributed by atoms with Crippen molar-refractivity contribution < 1.29 is 9.53 Å². The van der Waals surface area contributed by atoms with E-state index in [9.17, 15) is 4.79 Å². The average molecular weight is 284 g/mol. The zero-order valence-electron chi connectivity index (χ0n) is 9.96. The third-order valence-corrected chi connectivity index (χ3v) is 3.17. The molecular formula is C13H11Cl2NO2. The van der Waals surface area contributed by atoms with Crippen molar-refractivity contribution in [3.63, 3.8) is 0 Å². The van der Waals surface area contributed by atoms with E-state index >= 15 is 0 Å². The Labute approximate surface area is 115 Å². The lowest BCUT2D eigenvalue weighted by Crippen LogP contribution is -2.09. The Morgan fingerprint density at radius 2 is 2.11 bits per heavy atom. The van der Waals surface area contributed by atoms with Crippen LogP contribution in [-0.2, 0) is 4.74 Å². The van der Waals surface area contributed by atoms with Crippen molar-refractivity contribution in [1.29, 1.82) is 0 Å². The summed E-state index contributed by atoms with van der Waals surface area (Å²) in [6, 6.07) is 5.17. The molecule has 0 N–H and O–H groups in total. The Hall–Kier alpha value is -1.32. The van der Waals surface area contributed by atoms with Crippen LogP contribution < -0.4 is 0 Å². The Kier molecular flexibility index (Phi) is 3.73. The van der Waals surface area contributed by atoms with Gasteiger partial charge in [0.05, 0.1) is 22.8 Å². The van der Waals surface area contributed by atoms with E-state index in [4.69, 9.17) is 27.9 Å². The maximum atomic E-state index is 11.8. The predicted molar refractivity (Wildman–Crippen MR) is 72.5 cm³/mol. The highest BCUT2D eigenvalue weighted by atomic mass is 35.5. The topological polar surface area (TPSA) is 39.2 Å². The van der Waals surface area contributed by atoms with Gasteiger partial charge in [0.25, 0.3) is 0 Å². The second-order valence-corrected chi connectivity index (χ2v) is 4.58. The standard InChI is InChI=1S/C13H11Cl2NO2/c1-3-18-13(17)11-7(2)16-10-6-8(14)4-5-9(10)12(11)15/h4-6H,3H2,1-2H3. The largest absolute Gasteiger partial charge is 0.462 e. The van der Waals surface area contributed by atoms with E-state index < -0.39 is 5.97 Å². The van der Waals surface area contributed by atoms with Crippen molar-refractivity contribution in [2.75, 3.05) is 6.61 Å². The van der Waals surface area contributed by atoms with E-state index in [1.165, 1.54) is 0 Å². The van der Waals surface area contributed by atoms with Gasteiger partial charge in [-0.15, -0.1) is 0 Å². The summed E-state index contributed by atoms with van der Waals surface area (Å²) in [5, 5.41) is 1.62. The lowest BCUT2D eigenvalue weighted by Gasteiger charge is -2.10.